The van der Waals surface area contributed by atoms with E-state index in [1.54, 1.807) is 0 Å². The first-order chi connectivity index (χ1) is 8.81. The number of nitrogens with zero attached hydrogens (tertiary/aromatic N) is 1. The van der Waals surface area contributed by atoms with Crippen molar-refractivity contribution in [3.8, 4) is 0 Å². The number of carbonyl (C=O) groups excluding carboxylic acids is 1. The Hall–Kier alpha value is -2.44. The summed E-state index contributed by atoms with van der Waals surface area (Å²) in [5, 5.41) is 17.3. The number of carbonyl (C=O) groups is 2. The molecule has 1 aromatic carbocycles. The first kappa shape index (κ1) is 14.6. The molecule has 2 N–H and O–H groups in total. The van der Waals surface area contributed by atoms with Crippen LogP contribution in [0.1, 0.15) is 5.56 Å². The van der Waals surface area contributed by atoms with E-state index in [0.29, 0.717) is 11.6 Å². The molecular formula is C12H11F2NO4. The van der Waals surface area contributed by atoms with Gasteiger partial charge in [-0.05, 0) is 17.7 Å². The zero-order valence-corrected chi connectivity index (χ0v) is 9.93. The van der Waals surface area contributed by atoms with Gasteiger partial charge in [-0.2, -0.15) is 0 Å². The SMILES string of the molecule is CN(Cc1ccc(F)c(F)c1)C(=O)C=C(O)C(=O)O. The molecule has 1 rings (SSSR count). The molecule has 1 amide bonds. The van der Waals surface area contributed by atoms with Gasteiger partial charge in [-0.3, -0.25) is 4.79 Å². The molecule has 0 aliphatic rings. The van der Waals surface area contributed by atoms with Gasteiger partial charge >= 0.3 is 5.97 Å². The maximum atomic E-state index is 12.9. The molecular weight excluding hydrogens is 260 g/mol. The van der Waals surface area contributed by atoms with Crippen LogP contribution in [-0.2, 0) is 16.1 Å². The third-order valence-corrected chi connectivity index (χ3v) is 2.26. The lowest BCUT2D eigenvalue weighted by Crippen LogP contribution is -2.25. The summed E-state index contributed by atoms with van der Waals surface area (Å²) in [6.07, 6.45) is 0.530. The standard InChI is InChI=1S/C12H11F2NO4/c1-15(11(17)5-10(16)12(18)19)6-7-2-3-8(13)9(14)4-7/h2-5,16H,6H2,1H3,(H,18,19). The minimum absolute atomic E-state index is 0.0561. The Bertz CT molecular complexity index is 543. The number of halogens is 2. The van der Waals surface area contributed by atoms with Crippen LogP contribution in [0, 0.1) is 11.6 Å². The number of likely N-dealkylation sites (N-methyl/N-ethyl adjacent to an activating group) is 1. The fraction of sp³-hybridized carbons (Fsp3) is 0.167. The lowest BCUT2D eigenvalue weighted by atomic mass is 10.2. The third kappa shape index (κ3) is 4.06. The highest BCUT2D eigenvalue weighted by atomic mass is 19.2. The van der Waals surface area contributed by atoms with E-state index < -0.39 is 29.3 Å². The van der Waals surface area contributed by atoms with Gasteiger partial charge in [-0.1, -0.05) is 6.07 Å². The van der Waals surface area contributed by atoms with Crippen LogP contribution in [0.5, 0.6) is 0 Å². The second kappa shape index (κ2) is 5.94. The van der Waals surface area contributed by atoms with Crippen molar-refractivity contribution in [2.75, 3.05) is 7.05 Å². The highest BCUT2D eigenvalue weighted by Gasteiger charge is 2.12. The summed E-state index contributed by atoms with van der Waals surface area (Å²) in [5.41, 5.74) is 0.331. The predicted octanol–water partition coefficient (Wildman–Crippen LogP) is 1.45. The highest BCUT2D eigenvalue weighted by Crippen LogP contribution is 2.10. The molecule has 0 saturated carbocycles. The van der Waals surface area contributed by atoms with Crippen molar-refractivity contribution in [1.29, 1.82) is 0 Å². The van der Waals surface area contributed by atoms with Crippen LogP contribution in [0.3, 0.4) is 0 Å². The molecule has 0 bridgehead atoms. The van der Waals surface area contributed by atoms with Gasteiger partial charge in [-0.25, -0.2) is 13.6 Å². The van der Waals surface area contributed by atoms with Crippen molar-refractivity contribution in [1.82, 2.24) is 4.90 Å². The van der Waals surface area contributed by atoms with Gasteiger partial charge in [0.2, 0.25) is 5.76 Å². The van der Waals surface area contributed by atoms with E-state index in [1.807, 2.05) is 0 Å². The molecule has 1 aromatic rings. The van der Waals surface area contributed by atoms with Crippen molar-refractivity contribution in [2.45, 2.75) is 6.54 Å². The van der Waals surface area contributed by atoms with Crippen LogP contribution in [0.2, 0.25) is 0 Å². The molecule has 7 heteroatoms. The van der Waals surface area contributed by atoms with Crippen molar-refractivity contribution in [2.24, 2.45) is 0 Å². The summed E-state index contributed by atoms with van der Waals surface area (Å²) in [7, 11) is 1.33. The first-order valence-electron chi connectivity index (χ1n) is 5.14. The smallest absolute Gasteiger partial charge is 0.371 e. The zero-order chi connectivity index (χ0) is 14.6. The van der Waals surface area contributed by atoms with Crippen LogP contribution >= 0.6 is 0 Å². The molecule has 0 heterocycles. The molecule has 0 aliphatic heterocycles. The van der Waals surface area contributed by atoms with Crippen molar-refractivity contribution >= 4 is 11.9 Å². The maximum absolute atomic E-state index is 12.9. The van der Waals surface area contributed by atoms with Crippen LogP contribution < -0.4 is 0 Å². The first-order valence-corrected chi connectivity index (χ1v) is 5.14. The predicted molar refractivity (Wildman–Crippen MR) is 61.2 cm³/mol. The molecule has 0 unspecified atom stereocenters. The number of rotatable bonds is 4. The van der Waals surface area contributed by atoms with Gasteiger partial charge in [0.25, 0.3) is 5.91 Å². The van der Waals surface area contributed by atoms with Gasteiger partial charge < -0.3 is 15.1 Å². The second-order valence-corrected chi connectivity index (χ2v) is 3.78. The van der Waals surface area contributed by atoms with E-state index in [4.69, 9.17) is 10.2 Å². The number of benzene rings is 1. The molecule has 5 nitrogen and oxygen atoms in total. The van der Waals surface area contributed by atoms with Gasteiger partial charge in [0.1, 0.15) is 0 Å². The lowest BCUT2D eigenvalue weighted by Gasteiger charge is -2.15. The number of hydrogen-bond donors (Lipinski definition) is 2. The van der Waals surface area contributed by atoms with Crippen LogP contribution in [0.25, 0.3) is 0 Å². The number of aliphatic carboxylic acids is 1. The van der Waals surface area contributed by atoms with Crippen LogP contribution in [0.15, 0.2) is 30.0 Å². The van der Waals surface area contributed by atoms with Crippen molar-refractivity contribution in [3.63, 3.8) is 0 Å². The molecule has 0 spiro atoms. The Morgan fingerprint density at radius 3 is 2.42 bits per heavy atom. The lowest BCUT2D eigenvalue weighted by molar-refractivity contribution is -0.136. The van der Waals surface area contributed by atoms with E-state index in [-0.39, 0.29) is 6.54 Å². The topological polar surface area (TPSA) is 77.8 Å². The summed E-state index contributed by atoms with van der Waals surface area (Å²) in [6, 6.07) is 3.15. The molecule has 0 aliphatic carbocycles. The molecule has 0 fully saturated rings. The minimum atomic E-state index is -1.63. The average Bonchev–Trinajstić information content (AvgIpc) is 2.33. The van der Waals surface area contributed by atoms with Gasteiger partial charge in [0, 0.05) is 13.6 Å². The Balaban J connectivity index is 2.76. The number of carboxylic acid groups (broad SMARTS) is 1. The second-order valence-electron chi connectivity index (χ2n) is 3.78. The van der Waals surface area contributed by atoms with Crippen molar-refractivity contribution < 1.29 is 28.6 Å². The molecule has 0 atom stereocenters. The fourth-order valence-corrected chi connectivity index (χ4v) is 1.28. The third-order valence-electron chi connectivity index (χ3n) is 2.26. The van der Waals surface area contributed by atoms with Crippen LogP contribution in [-0.4, -0.2) is 34.0 Å². The fourth-order valence-electron chi connectivity index (χ4n) is 1.28. The largest absolute Gasteiger partial charge is 0.502 e. The Morgan fingerprint density at radius 1 is 1.26 bits per heavy atom. The van der Waals surface area contributed by atoms with E-state index in [2.05, 4.69) is 0 Å². The number of hydrogen-bond acceptors (Lipinski definition) is 3. The summed E-state index contributed by atoms with van der Waals surface area (Å²) < 4.78 is 25.6. The quantitative estimate of drug-likeness (QED) is 0.641. The summed E-state index contributed by atoms with van der Waals surface area (Å²) in [5.74, 6) is -5.54. The molecule has 0 aromatic heterocycles. The summed E-state index contributed by atoms with van der Waals surface area (Å²) in [4.78, 5) is 22.8. The molecule has 0 radical (unpaired) electrons. The molecule has 19 heavy (non-hydrogen) atoms. The van der Waals surface area contributed by atoms with Crippen LogP contribution in [0.4, 0.5) is 8.78 Å². The summed E-state index contributed by atoms with van der Waals surface area (Å²) >= 11 is 0. The number of aliphatic hydroxyl groups is 1. The minimum Gasteiger partial charge on any atom is -0.502 e. The normalized spacial score (nSPS) is 11.2. The van der Waals surface area contributed by atoms with E-state index >= 15 is 0 Å². The highest BCUT2D eigenvalue weighted by molar-refractivity contribution is 5.95. The van der Waals surface area contributed by atoms with Gasteiger partial charge in [-0.15, -0.1) is 0 Å². The van der Waals surface area contributed by atoms with Gasteiger partial charge in [0.15, 0.2) is 11.6 Å². The molecule has 0 saturated heterocycles. The number of aliphatic hydroxyl groups excluding tert-OH is 1. The van der Waals surface area contributed by atoms with E-state index in [9.17, 15) is 18.4 Å². The zero-order valence-electron chi connectivity index (χ0n) is 9.93. The van der Waals surface area contributed by atoms with Crippen molar-refractivity contribution in [3.05, 3.63) is 47.2 Å². The monoisotopic (exact) mass is 271 g/mol. The number of amides is 1. The number of carboxylic acids is 1. The molecule has 102 valence electrons. The van der Waals surface area contributed by atoms with E-state index in [0.717, 1.165) is 17.0 Å². The summed E-state index contributed by atoms with van der Waals surface area (Å²) in [6.45, 7) is -0.0561. The Kier molecular flexibility index (Phi) is 4.57. The van der Waals surface area contributed by atoms with E-state index in [1.165, 1.54) is 13.1 Å². The van der Waals surface area contributed by atoms with Gasteiger partial charge in [0.05, 0.1) is 6.08 Å². The maximum Gasteiger partial charge on any atom is 0.371 e. The Labute approximate surface area is 107 Å². The average molecular weight is 271 g/mol. The Morgan fingerprint density at radius 2 is 1.89 bits per heavy atom.